The van der Waals surface area contributed by atoms with E-state index < -0.39 is 20.3 Å². The second-order valence-electron chi connectivity index (χ2n) is 3.52. The Bertz CT molecular complexity index is 404. The SMILES string of the molecule is C=S(c1cccs1)C(Cl)(Cl)C(CC(C)=O)OC.O. The van der Waals surface area contributed by atoms with Gasteiger partial charge in [-0.3, -0.25) is 4.79 Å². The lowest BCUT2D eigenvalue weighted by Crippen LogP contribution is -2.32. The molecule has 0 aliphatic rings. The third kappa shape index (κ3) is 4.33. The highest BCUT2D eigenvalue weighted by Gasteiger charge is 2.39. The molecule has 0 aliphatic heterocycles. The van der Waals surface area contributed by atoms with Gasteiger partial charge in [0.2, 0.25) is 0 Å². The summed E-state index contributed by atoms with van der Waals surface area (Å²) in [6.45, 7) is 1.49. The molecule has 0 amide bonds. The first-order valence-corrected chi connectivity index (χ1v) is 7.90. The van der Waals surface area contributed by atoms with E-state index in [2.05, 4.69) is 5.87 Å². The lowest BCUT2D eigenvalue weighted by molar-refractivity contribution is -0.119. The van der Waals surface area contributed by atoms with Gasteiger partial charge in [0.05, 0.1) is 4.21 Å². The normalized spacial score (nSPS) is 14.7. The predicted molar refractivity (Wildman–Crippen MR) is 81.4 cm³/mol. The lowest BCUT2D eigenvalue weighted by Gasteiger charge is -2.30. The van der Waals surface area contributed by atoms with E-state index in [4.69, 9.17) is 27.9 Å². The zero-order valence-corrected chi connectivity index (χ0v) is 13.3. The maximum Gasteiger partial charge on any atom is 0.189 e. The van der Waals surface area contributed by atoms with Crippen molar-refractivity contribution in [2.75, 3.05) is 7.11 Å². The van der Waals surface area contributed by atoms with Crippen LogP contribution >= 0.6 is 45.0 Å². The molecule has 2 atom stereocenters. The number of halogens is 2. The van der Waals surface area contributed by atoms with Gasteiger partial charge >= 0.3 is 0 Å². The second kappa shape index (κ2) is 7.62. The number of rotatable bonds is 6. The molecular formula is C11H16Cl2O3S2. The smallest absolute Gasteiger partial charge is 0.189 e. The van der Waals surface area contributed by atoms with E-state index in [1.54, 1.807) is 11.3 Å². The monoisotopic (exact) mass is 330 g/mol. The summed E-state index contributed by atoms with van der Waals surface area (Å²) in [5, 5.41) is 1.94. The van der Waals surface area contributed by atoms with Crippen LogP contribution in [-0.2, 0) is 9.53 Å². The van der Waals surface area contributed by atoms with E-state index in [1.165, 1.54) is 14.0 Å². The van der Waals surface area contributed by atoms with Gasteiger partial charge in [-0.2, -0.15) is 0 Å². The first-order chi connectivity index (χ1) is 7.89. The molecule has 0 aliphatic carbocycles. The molecule has 0 bridgehead atoms. The Morgan fingerprint density at radius 2 is 2.28 bits per heavy atom. The standard InChI is InChI=1S/C11H14Cl2O2S2.H2O/c1-8(14)7-9(15-2)11(12,13)17(3)10-5-4-6-16-10;/h4-6,9H,3,7H2,1-2H3;1H2. The summed E-state index contributed by atoms with van der Waals surface area (Å²) >= 11 is 14.2. The largest absolute Gasteiger partial charge is 0.412 e. The molecule has 1 rings (SSSR count). The van der Waals surface area contributed by atoms with Gasteiger partial charge in [-0.1, -0.05) is 35.1 Å². The summed E-state index contributed by atoms with van der Waals surface area (Å²) in [7, 11) is 0.862. The number of alkyl halides is 2. The van der Waals surface area contributed by atoms with Gasteiger partial charge in [-0.15, -0.1) is 21.8 Å². The number of carbonyl (C=O) groups excluding carboxylic acids is 1. The number of thiophene rings is 1. The Kier molecular flexibility index (Phi) is 7.66. The Balaban J connectivity index is 0.00000289. The van der Waals surface area contributed by atoms with Crippen molar-refractivity contribution >= 4 is 56.7 Å². The first kappa shape index (κ1) is 18.1. The molecule has 0 fully saturated rings. The zero-order valence-electron chi connectivity index (χ0n) is 10.1. The summed E-state index contributed by atoms with van der Waals surface area (Å²) in [5.41, 5.74) is 0. The molecular weight excluding hydrogens is 315 g/mol. The average molecular weight is 331 g/mol. The highest BCUT2D eigenvalue weighted by Crippen LogP contribution is 2.50. The Labute approximate surface area is 123 Å². The molecule has 3 nitrogen and oxygen atoms in total. The number of methoxy groups -OCH3 is 1. The fourth-order valence-corrected chi connectivity index (χ4v) is 4.88. The number of ketones is 1. The predicted octanol–water partition coefficient (Wildman–Crippen LogP) is 3.11. The molecule has 0 saturated carbocycles. The maximum atomic E-state index is 11.2. The van der Waals surface area contributed by atoms with Crippen molar-refractivity contribution in [3.05, 3.63) is 17.5 Å². The fraction of sp³-hybridized carbons (Fsp3) is 0.455. The van der Waals surface area contributed by atoms with Crippen molar-refractivity contribution in [2.24, 2.45) is 0 Å². The van der Waals surface area contributed by atoms with Crippen LogP contribution in [0.25, 0.3) is 0 Å². The van der Waals surface area contributed by atoms with Crippen molar-refractivity contribution in [3.8, 4) is 0 Å². The minimum Gasteiger partial charge on any atom is -0.412 e. The second-order valence-corrected chi connectivity index (χ2v) is 8.42. The van der Waals surface area contributed by atoms with E-state index in [-0.39, 0.29) is 17.7 Å². The lowest BCUT2D eigenvalue weighted by atomic mass is 10.2. The van der Waals surface area contributed by atoms with Crippen molar-refractivity contribution in [2.45, 2.75) is 27.3 Å². The highest BCUT2D eigenvalue weighted by atomic mass is 35.5. The van der Waals surface area contributed by atoms with E-state index in [0.717, 1.165) is 4.21 Å². The summed E-state index contributed by atoms with van der Waals surface area (Å²) in [6.07, 6.45) is -0.361. The van der Waals surface area contributed by atoms with Gasteiger partial charge in [0.1, 0.15) is 11.9 Å². The van der Waals surface area contributed by atoms with Crippen LogP contribution in [0, 0.1) is 0 Å². The number of carbonyl (C=O) groups is 1. The van der Waals surface area contributed by atoms with Crippen LogP contribution in [0.4, 0.5) is 0 Å². The third-order valence-corrected chi connectivity index (χ3v) is 6.90. The van der Waals surface area contributed by atoms with Crippen LogP contribution in [0.2, 0.25) is 0 Å². The van der Waals surface area contributed by atoms with Crippen molar-refractivity contribution in [3.63, 3.8) is 0 Å². The van der Waals surface area contributed by atoms with Crippen molar-refractivity contribution < 1.29 is 15.0 Å². The molecule has 104 valence electrons. The van der Waals surface area contributed by atoms with E-state index >= 15 is 0 Å². The number of hydrogen-bond acceptors (Lipinski definition) is 3. The molecule has 7 heteroatoms. The molecule has 2 unspecified atom stereocenters. The van der Waals surface area contributed by atoms with Crippen LogP contribution < -0.4 is 0 Å². The van der Waals surface area contributed by atoms with Gasteiger partial charge in [0.25, 0.3) is 0 Å². The third-order valence-electron chi connectivity index (χ3n) is 2.20. The van der Waals surface area contributed by atoms with E-state index in [0.29, 0.717) is 0 Å². The highest BCUT2D eigenvalue weighted by molar-refractivity contribution is 8.18. The molecule has 1 aromatic rings. The number of Topliss-reactive ketones (excluding diaryl/α,β-unsaturated/α-hetero) is 1. The molecule has 18 heavy (non-hydrogen) atoms. The average Bonchev–Trinajstić information content (AvgIpc) is 2.77. The van der Waals surface area contributed by atoms with Crippen molar-refractivity contribution in [1.29, 1.82) is 0 Å². The van der Waals surface area contributed by atoms with Crippen molar-refractivity contribution in [1.82, 2.24) is 0 Å². The summed E-state index contributed by atoms with van der Waals surface area (Å²) in [4.78, 5) is 11.2. The van der Waals surface area contributed by atoms with E-state index in [1.807, 2.05) is 17.5 Å². The Morgan fingerprint density at radius 1 is 1.67 bits per heavy atom. The van der Waals surface area contributed by atoms with Gasteiger partial charge in [-0.05, 0) is 18.4 Å². The van der Waals surface area contributed by atoms with Crippen LogP contribution in [0.1, 0.15) is 13.3 Å². The molecule has 0 saturated heterocycles. The topological polar surface area (TPSA) is 57.8 Å². The minimum atomic E-state index is -1.19. The minimum absolute atomic E-state index is 0. The molecule has 1 heterocycles. The van der Waals surface area contributed by atoms with Crippen LogP contribution in [0.15, 0.2) is 21.7 Å². The molecule has 0 aromatic carbocycles. The quantitative estimate of drug-likeness (QED) is 0.594. The van der Waals surface area contributed by atoms with E-state index in [9.17, 15) is 4.79 Å². The van der Waals surface area contributed by atoms with Gasteiger partial charge < -0.3 is 10.2 Å². The molecule has 0 spiro atoms. The molecule has 0 radical (unpaired) electrons. The number of ether oxygens (including phenoxy) is 1. The Hall–Kier alpha value is 0.0900. The summed E-state index contributed by atoms with van der Waals surface area (Å²) < 4.78 is 5.04. The summed E-state index contributed by atoms with van der Waals surface area (Å²) in [5.74, 6) is 4.00. The number of hydrogen-bond donors (Lipinski definition) is 0. The van der Waals surface area contributed by atoms with Crippen LogP contribution in [0.5, 0.6) is 0 Å². The van der Waals surface area contributed by atoms with Crippen LogP contribution in [-0.4, -0.2) is 34.0 Å². The zero-order chi connectivity index (χ0) is 13.1. The molecule has 2 N–H and O–H groups in total. The fourth-order valence-electron chi connectivity index (χ4n) is 1.30. The van der Waals surface area contributed by atoms with Gasteiger partial charge in [-0.25, -0.2) is 0 Å². The Morgan fingerprint density at radius 3 is 2.67 bits per heavy atom. The summed E-state index contributed by atoms with van der Waals surface area (Å²) in [6, 6.07) is 3.85. The molecule has 1 aromatic heterocycles. The maximum absolute atomic E-state index is 11.2. The van der Waals surface area contributed by atoms with Gasteiger partial charge in [0.15, 0.2) is 3.67 Å². The van der Waals surface area contributed by atoms with Crippen LogP contribution in [0.3, 0.4) is 0 Å². The first-order valence-electron chi connectivity index (χ1n) is 4.87. The van der Waals surface area contributed by atoms with Gasteiger partial charge in [0, 0.05) is 13.5 Å².